The molecule has 0 aliphatic heterocycles. The van der Waals surface area contributed by atoms with Crippen molar-refractivity contribution < 1.29 is 14.3 Å². The smallest absolute Gasteiger partial charge is 0.317 e. The van der Waals surface area contributed by atoms with Crippen LogP contribution in [-0.2, 0) is 14.3 Å². The maximum Gasteiger partial charge on any atom is 0.317 e. The van der Waals surface area contributed by atoms with E-state index < -0.39 is 18.0 Å². The largest absolute Gasteiger partial charge is 0.448 e. The van der Waals surface area contributed by atoms with Crippen LogP contribution in [0.3, 0.4) is 0 Å². The molecule has 0 aromatic rings. The van der Waals surface area contributed by atoms with Gasteiger partial charge in [-0.25, -0.2) is 0 Å². The molecule has 1 aliphatic carbocycles. The first-order valence-electron chi connectivity index (χ1n) is 5.25. The summed E-state index contributed by atoms with van der Waals surface area (Å²) >= 11 is 0. The van der Waals surface area contributed by atoms with Crippen LogP contribution in [-0.4, -0.2) is 17.9 Å². The minimum absolute atomic E-state index is 0.0143. The molecule has 1 fully saturated rings. The zero-order valence-electron chi connectivity index (χ0n) is 9.16. The van der Waals surface area contributed by atoms with Crippen LogP contribution in [0.1, 0.15) is 33.1 Å². The molecule has 0 spiro atoms. The first-order valence-corrected chi connectivity index (χ1v) is 5.25. The fourth-order valence-electron chi connectivity index (χ4n) is 1.63. The van der Waals surface area contributed by atoms with Crippen molar-refractivity contribution in [2.45, 2.75) is 39.2 Å². The van der Waals surface area contributed by atoms with Crippen molar-refractivity contribution in [3.63, 3.8) is 0 Å². The molecule has 0 saturated heterocycles. The molecule has 3 heteroatoms. The van der Waals surface area contributed by atoms with Crippen molar-refractivity contribution in [3.8, 4) is 12.3 Å². The number of rotatable bonds is 3. The van der Waals surface area contributed by atoms with E-state index in [1.165, 1.54) is 0 Å². The number of ketones is 1. The van der Waals surface area contributed by atoms with Crippen LogP contribution in [0, 0.1) is 24.2 Å². The van der Waals surface area contributed by atoms with Gasteiger partial charge in [-0.05, 0) is 12.8 Å². The van der Waals surface area contributed by atoms with Crippen molar-refractivity contribution in [1.82, 2.24) is 0 Å². The third-order valence-corrected chi connectivity index (χ3v) is 2.60. The molecule has 82 valence electrons. The highest BCUT2D eigenvalue weighted by atomic mass is 16.5. The zero-order valence-corrected chi connectivity index (χ0v) is 9.16. The van der Waals surface area contributed by atoms with Crippen LogP contribution in [0.2, 0.25) is 0 Å². The summed E-state index contributed by atoms with van der Waals surface area (Å²) < 4.78 is 5.12. The molecule has 0 bridgehead atoms. The Morgan fingerprint density at radius 3 is 2.67 bits per heavy atom. The molecule has 0 aromatic heterocycles. The Balaban J connectivity index is 2.55. The van der Waals surface area contributed by atoms with E-state index in [1.807, 2.05) is 13.8 Å². The van der Waals surface area contributed by atoms with E-state index in [0.29, 0.717) is 12.8 Å². The predicted molar refractivity (Wildman–Crippen MR) is 55.9 cm³/mol. The maximum absolute atomic E-state index is 11.6. The number of hydrogen-bond acceptors (Lipinski definition) is 3. The van der Waals surface area contributed by atoms with E-state index in [2.05, 4.69) is 5.92 Å². The number of carbonyl (C=O) groups is 2. The summed E-state index contributed by atoms with van der Waals surface area (Å²) in [6, 6.07) is 0. The number of hydrogen-bond donors (Lipinski definition) is 0. The second-order valence-electron chi connectivity index (χ2n) is 4.18. The van der Waals surface area contributed by atoms with Gasteiger partial charge in [0, 0.05) is 12.3 Å². The average molecular weight is 208 g/mol. The highest BCUT2D eigenvalue weighted by molar-refractivity contribution is 6.00. The Hall–Kier alpha value is -1.30. The van der Waals surface area contributed by atoms with E-state index >= 15 is 0 Å². The normalized spacial score (nSPS) is 22.5. The van der Waals surface area contributed by atoms with E-state index in [-0.39, 0.29) is 11.7 Å². The Morgan fingerprint density at radius 1 is 1.60 bits per heavy atom. The number of terminal acetylenes is 1. The molecule has 0 heterocycles. The molecular formula is C12H16O3. The van der Waals surface area contributed by atoms with Gasteiger partial charge >= 0.3 is 5.97 Å². The van der Waals surface area contributed by atoms with Crippen molar-refractivity contribution in [3.05, 3.63) is 0 Å². The van der Waals surface area contributed by atoms with Gasteiger partial charge in [0.2, 0.25) is 0 Å². The molecule has 0 aromatic carbocycles. The van der Waals surface area contributed by atoms with Crippen LogP contribution in [0.25, 0.3) is 0 Å². The number of ether oxygens (including phenoxy) is 1. The average Bonchev–Trinajstić information content (AvgIpc) is 2.60. The van der Waals surface area contributed by atoms with Crippen LogP contribution < -0.4 is 0 Å². The monoisotopic (exact) mass is 208 g/mol. The van der Waals surface area contributed by atoms with Crippen molar-refractivity contribution in [1.29, 1.82) is 0 Å². The standard InChI is InChI=1S/C12H16O3/c1-4-11(8(2)3)15-12(14)9-6-5-7-10(9)13/h1,8-9,11H,5-7H2,2-3H3. The van der Waals surface area contributed by atoms with Gasteiger partial charge in [-0.1, -0.05) is 19.8 Å². The van der Waals surface area contributed by atoms with Gasteiger partial charge in [0.25, 0.3) is 0 Å². The van der Waals surface area contributed by atoms with E-state index in [0.717, 1.165) is 6.42 Å². The van der Waals surface area contributed by atoms with E-state index in [1.54, 1.807) is 0 Å². The lowest BCUT2D eigenvalue weighted by Crippen LogP contribution is -2.28. The Morgan fingerprint density at radius 2 is 2.27 bits per heavy atom. The predicted octanol–water partition coefficient (Wildman–Crippen LogP) is 1.56. The molecule has 2 atom stereocenters. The quantitative estimate of drug-likeness (QED) is 0.401. The molecule has 1 aliphatic rings. The Labute approximate surface area is 90.2 Å². The number of carbonyl (C=O) groups excluding carboxylic acids is 2. The van der Waals surface area contributed by atoms with Crippen LogP contribution in [0.5, 0.6) is 0 Å². The Bertz CT molecular complexity index is 298. The van der Waals surface area contributed by atoms with Gasteiger partial charge in [0.05, 0.1) is 0 Å². The van der Waals surface area contributed by atoms with Crippen molar-refractivity contribution in [2.24, 2.45) is 11.8 Å². The summed E-state index contributed by atoms with van der Waals surface area (Å²) in [6.45, 7) is 3.77. The second-order valence-corrected chi connectivity index (χ2v) is 4.18. The van der Waals surface area contributed by atoms with Gasteiger partial charge in [0.15, 0.2) is 6.10 Å². The number of Topliss-reactive ketones (excluding diaryl/α,β-unsaturated/α-hetero) is 1. The second kappa shape index (κ2) is 4.97. The Kier molecular flexibility index (Phi) is 3.90. The summed E-state index contributed by atoms with van der Waals surface area (Å²) in [4.78, 5) is 22.9. The molecule has 0 radical (unpaired) electrons. The van der Waals surface area contributed by atoms with E-state index in [9.17, 15) is 9.59 Å². The van der Waals surface area contributed by atoms with Crippen molar-refractivity contribution in [2.75, 3.05) is 0 Å². The first-order chi connectivity index (χ1) is 7.06. The molecule has 1 saturated carbocycles. The van der Waals surface area contributed by atoms with Crippen LogP contribution in [0.4, 0.5) is 0 Å². The minimum atomic E-state index is -0.570. The summed E-state index contributed by atoms with van der Waals surface area (Å²) in [5.74, 6) is 1.46. The first kappa shape index (κ1) is 11.8. The van der Waals surface area contributed by atoms with Gasteiger partial charge in [-0.3, -0.25) is 9.59 Å². The fourth-order valence-corrected chi connectivity index (χ4v) is 1.63. The maximum atomic E-state index is 11.6. The molecular weight excluding hydrogens is 192 g/mol. The third kappa shape index (κ3) is 2.82. The lowest BCUT2D eigenvalue weighted by Gasteiger charge is -2.17. The fraction of sp³-hybridized carbons (Fsp3) is 0.667. The van der Waals surface area contributed by atoms with Gasteiger partial charge in [-0.2, -0.15) is 0 Å². The lowest BCUT2D eigenvalue weighted by atomic mass is 10.1. The minimum Gasteiger partial charge on any atom is -0.448 e. The molecule has 0 N–H and O–H groups in total. The molecule has 0 amide bonds. The molecule has 2 unspecified atom stereocenters. The summed E-state index contributed by atoms with van der Waals surface area (Å²) in [5.41, 5.74) is 0. The highest BCUT2D eigenvalue weighted by Crippen LogP contribution is 2.23. The van der Waals surface area contributed by atoms with Crippen LogP contribution in [0.15, 0.2) is 0 Å². The van der Waals surface area contributed by atoms with Gasteiger partial charge in [-0.15, -0.1) is 6.42 Å². The zero-order chi connectivity index (χ0) is 11.4. The van der Waals surface area contributed by atoms with Crippen LogP contribution >= 0.6 is 0 Å². The lowest BCUT2D eigenvalue weighted by molar-refractivity contribution is -0.155. The SMILES string of the molecule is C#CC(OC(=O)C1CCCC1=O)C(C)C. The molecule has 3 nitrogen and oxygen atoms in total. The molecule has 1 rings (SSSR count). The number of esters is 1. The molecule has 15 heavy (non-hydrogen) atoms. The third-order valence-electron chi connectivity index (χ3n) is 2.60. The highest BCUT2D eigenvalue weighted by Gasteiger charge is 2.33. The summed E-state index contributed by atoms with van der Waals surface area (Å²) in [7, 11) is 0. The van der Waals surface area contributed by atoms with Gasteiger partial charge in [0.1, 0.15) is 11.7 Å². The van der Waals surface area contributed by atoms with E-state index in [4.69, 9.17) is 11.2 Å². The van der Waals surface area contributed by atoms with Gasteiger partial charge < -0.3 is 4.74 Å². The topological polar surface area (TPSA) is 43.4 Å². The van der Waals surface area contributed by atoms with Crippen molar-refractivity contribution >= 4 is 11.8 Å². The summed E-state index contributed by atoms with van der Waals surface area (Å²) in [5, 5.41) is 0. The summed E-state index contributed by atoms with van der Waals surface area (Å²) in [6.07, 6.45) is 6.59.